The zero-order valence-electron chi connectivity index (χ0n) is 42.9. The normalized spacial score (nSPS) is 54.3. The summed E-state index contributed by atoms with van der Waals surface area (Å²) >= 11 is 0. The molecule has 0 aromatic heterocycles. The third-order valence-electron chi connectivity index (χ3n) is 20.3. The highest BCUT2D eigenvalue weighted by Crippen LogP contribution is 2.76. The zero-order valence-corrected chi connectivity index (χ0v) is 42.9. The van der Waals surface area contributed by atoms with Crippen LogP contribution in [0.3, 0.4) is 0 Å². The SMILES string of the molecule is CC1(C)CC[C@]2(C(=O)O[C@@H]3OC[C@@H](O[C@@H]4OC[C@@H](O)[C@H](O)[C@H]4O)[C@H](O)[C@H]3O)CC[C@]3(C)C(=CC[C@@H]4[C@@]5(C)C[C@H](O)[C@H](O[C@@H]6O[C@H](C(=O)O)[C@@H](O[C@@H]7OC[C@@H](O)[C@H](O)[C@H]7O)[C@H](O)[C@H]6O)[C@](C)(CO)[C@@H]5CC[C@]43C)[C@@H]2C1. The van der Waals surface area contributed by atoms with Gasteiger partial charge in [-0.15, -0.1) is 0 Å². The summed E-state index contributed by atoms with van der Waals surface area (Å²) in [6, 6.07) is 0. The van der Waals surface area contributed by atoms with Crippen LogP contribution in [0.4, 0.5) is 0 Å². The predicted molar refractivity (Wildman–Crippen MR) is 248 cm³/mol. The molecule has 8 fully saturated rings. The molecule has 4 aliphatic heterocycles. The van der Waals surface area contributed by atoms with Gasteiger partial charge in [-0.2, -0.15) is 0 Å². The Labute approximate surface area is 429 Å². The first-order valence-corrected chi connectivity index (χ1v) is 26.3. The summed E-state index contributed by atoms with van der Waals surface area (Å²) in [7, 11) is 0. The maximum absolute atomic E-state index is 14.9. The second kappa shape index (κ2) is 20.2. The molecule has 23 nitrogen and oxygen atoms in total. The molecule has 27 atom stereocenters. The molecule has 23 heteroatoms. The van der Waals surface area contributed by atoms with Crippen LogP contribution >= 0.6 is 0 Å². The van der Waals surface area contributed by atoms with Gasteiger partial charge in [0.2, 0.25) is 6.29 Å². The average molecular weight is 1060 g/mol. The number of aliphatic hydroxyl groups is 12. The number of carbonyl (C=O) groups is 2. The van der Waals surface area contributed by atoms with Crippen LogP contribution in [0.2, 0.25) is 0 Å². The molecule has 0 spiro atoms. The van der Waals surface area contributed by atoms with Crippen molar-refractivity contribution in [3.63, 3.8) is 0 Å². The van der Waals surface area contributed by atoms with Gasteiger partial charge in [0, 0.05) is 5.41 Å². The lowest BCUT2D eigenvalue weighted by Gasteiger charge is -2.71. The lowest BCUT2D eigenvalue weighted by atomic mass is 9.33. The molecular formula is C51H80O23. The number of rotatable bonds is 10. The fourth-order valence-corrected chi connectivity index (χ4v) is 15.8. The highest BCUT2D eigenvalue weighted by Gasteiger charge is 2.72. The molecule has 422 valence electrons. The summed E-state index contributed by atoms with van der Waals surface area (Å²) in [5.41, 5.74) is -2.65. The molecule has 4 heterocycles. The van der Waals surface area contributed by atoms with E-state index in [0.717, 1.165) is 12.0 Å². The van der Waals surface area contributed by atoms with Crippen LogP contribution in [0, 0.1) is 50.2 Å². The topological polar surface area (TPSA) is 371 Å². The van der Waals surface area contributed by atoms with Gasteiger partial charge in [0.15, 0.2) is 25.0 Å². The molecule has 0 aromatic carbocycles. The number of hydrogen-bond acceptors (Lipinski definition) is 22. The second-order valence-corrected chi connectivity index (χ2v) is 25.0. The van der Waals surface area contributed by atoms with Crippen LogP contribution in [0.5, 0.6) is 0 Å². The number of aliphatic hydroxyl groups excluding tert-OH is 12. The van der Waals surface area contributed by atoms with Gasteiger partial charge >= 0.3 is 11.9 Å². The summed E-state index contributed by atoms with van der Waals surface area (Å²) in [5.74, 6) is -2.78. The van der Waals surface area contributed by atoms with Gasteiger partial charge in [0.05, 0.1) is 44.1 Å². The highest BCUT2D eigenvalue weighted by molar-refractivity contribution is 5.79. The third-order valence-corrected chi connectivity index (χ3v) is 20.3. The lowest BCUT2D eigenvalue weighted by Crippen LogP contribution is -2.70. The molecule has 0 unspecified atom stereocenters. The van der Waals surface area contributed by atoms with Crippen molar-refractivity contribution in [1.82, 2.24) is 0 Å². The Morgan fingerprint density at radius 2 is 1.20 bits per heavy atom. The summed E-state index contributed by atoms with van der Waals surface area (Å²) in [6.45, 7) is 11.2. The van der Waals surface area contributed by atoms with Gasteiger partial charge in [-0.3, -0.25) is 4.79 Å². The summed E-state index contributed by atoms with van der Waals surface area (Å²) in [4.78, 5) is 27.5. The van der Waals surface area contributed by atoms with Crippen LogP contribution in [-0.4, -0.2) is 221 Å². The Balaban J connectivity index is 0.925. The Kier molecular flexibility index (Phi) is 15.5. The van der Waals surface area contributed by atoms with Gasteiger partial charge in [-0.25, -0.2) is 4.79 Å². The van der Waals surface area contributed by atoms with E-state index in [2.05, 4.69) is 40.7 Å². The minimum absolute atomic E-state index is 0.0550. The van der Waals surface area contributed by atoms with Crippen LogP contribution < -0.4 is 0 Å². The van der Waals surface area contributed by atoms with Crippen LogP contribution in [0.1, 0.15) is 99.3 Å². The number of hydrogen-bond donors (Lipinski definition) is 13. The number of carboxylic acid groups (broad SMARTS) is 1. The van der Waals surface area contributed by atoms with Crippen molar-refractivity contribution in [2.75, 3.05) is 26.4 Å². The first kappa shape index (κ1) is 56.6. The Hall–Kier alpha value is -2.08. The number of ether oxygens (including phenoxy) is 8. The molecule has 5 aliphatic carbocycles. The van der Waals surface area contributed by atoms with Crippen molar-refractivity contribution >= 4 is 11.9 Å². The van der Waals surface area contributed by atoms with Crippen LogP contribution in [0.15, 0.2) is 11.6 Å². The number of carboxylic acids is 1. The van der Waals surface area contributed by atoms with E-state index in [4.69, 9.17) is 37.9 Å². The summed E-state index contributed by atoms with van der Waals surface area (Å²) in [6.07, 6.45) is -23.8. The lowest BCUT2D eigenvalue weighted by molar-refractivity contribution is -0.362. The minimum Gasteiger partial charge on any atom is -0.479 e. The zero-order chi connectivity index (χ0) is 54.0. The van der Waals surface area contributed by atoms with Crippen molar-refractivity contribution in [3.05, 3.63) is 11.6 Å². The average Bonchev–Trinajstić information content (AvgIpc) is 3.35. The van der Waals surface area contributed by atoms with E-state index in [1.165, 1.54) is 0 Å². The molecule has 0 aromatic rings. The molecule has 4 saturated carbocycles. The van der Waals surface area contributed by atoms with Crippen LogP contribution in [-0.2, 0) is 47.5 Å². The van der Waals surface area contributed by atoms with Gasteiger partial charge in [0.1, 0.15) is 73.2 Å². The molecule has 9 rings (SSSR count). The molecule has 0 amide bonds. The Morgan fingerprint density at radius 3 is 1.82 bits per heavy atom. The molecule has 0 bridgehead atoms. The van der Waals surface area contributed by atoms with Crippen molar-refractivity contribution in [1.29, 1.82) is 0 Å². The molecule has 13 N–H and O–H groups in total. The Morgan fingerprint density at radius 1 is 0.622 bits per heavy atom. The summed E-state index contributed by atoms with van der Waals surface area (Å²) < 4.78 is 45.8. The first-order chi connectivity index (χ1) is 34.6. The van der Waals surface area contributed by atoms with Crippen molar-refractivity contribution < 1.29 is 114 Å². The number of carbonyl (C=O) groups excluding carboxylic acids is 1. The van der Waals surface area contributed by atoms with Gasteiger partial charge in [-0.05, 0) is 97.2 Å². The molecule has 74 heavy (non-hydrogen) atoms. The largest absolute Gasteiger partial charge is 0.479 e. The fraction of sp³-hybridized carbons (Fsp3) is 0.922. The van der Waals surface area contributed by atoms with E-state index in [1.807, 2.05) is 0 Å². The number of aliphatic carboxylic acids is 1. The van der Waals surface area contributed by atoms with E-state index in [9.17, 15) is 76.0 Å². The maximum atomic E-state index is 14.9. The smallest absolute Gasteiger partial charge is 0.335 e. The molecule has 9 aliphatic rings. The highest BCUT2D eigenvalue weighted by atomic mass is 16.8. The predicted octanol–water partition coefficient (Wildman–Crippen LogP) is -2.08. The van der Waals surface area contributed by atoms with Crippen molar-refractivity contribution in [3.8, 4) is 0 Å². The standard InChI is InChI=1S/C51H80O23/c1-46(2)11-13-51(45(66)74-43-35(62)31(58)26(19-69-43)70-41-33(60)29(56)24(54)17-67-41)14-12-49(5)21(22(51)15-46)7-8-28-47(3)16-23(53)39(48(4,20-52)27(47)9-10-50(28,49)6)73-44-36(63)32(59)37(38(72-44)40(64)65)71-42-34(61)30(57)25(55)18-68-42/h7,22-39,41-44,52-63H,8-20H2,1-6H3,(H,64,65)/t22-,23-,24+,25+,26+,27+,28+,29-,30-,31-,32+,33+,34+,35+,36+,37-,38-,39-,41-,42-,43-,44-,47-,48+,49+,50+,51-/m0/s1. The van der Waals surface area contributed by atoms with Crippen molar-refractivity contribution in [2.45, 2.75) is 216 Å². The third kappa shape index (κ3) is 9.02. The van der Waals surface area contributed by atoms with E-state index in [0.29, 0.717) is 44.9 Å². The number of fused-ring (bicyclic) bond motifs is 7. The monoisotopic (exact) mass is 1060 g/mol. The quantitative estimate of drug-likeness (QED) is 0.0634. The van der Waals surface area contributed by atoms with Gasteiger partial charge < -0.3 is 104 Å². The van der Waals surface area contributed by atoms with E-state index in [1.54, 1.807) is 6.92 Å². The molecular weight excluding hydrogens is 981 g/mol. The van der Waals surface area contributed by atoms with E-state index in [-0.39, 0.29) is 42.8 Å². The van der Waals surface area contributed by atoms with Crippen molar-refractivity contribution in [2.24, 2.45) is 50.2 Å². The first-order valence-electron chi connectivity index (χ1n) is 26.3. The van der Waals surface area contributed by atoms with E-state index >= 15 is 0 Å². The van der Waals surface area contributed by atoms with E-state index < -0.39 is 169 Å². The fourth-order valence-electron chi connectivity index (χ4n) is 15.8. The second-order valence-electron chi connectivity index (χ2n) is 25.0. The minimum atomic E-state index is -2.01. The van der Waals surface area contributed by atoms with Crippen LogP contribution in [0.25, 0.3) is 0 Å². The molecule has 4 saturated heterocycles. The number of esters is 1. The Bertz CT molecular complexity index is 2100. The molecule has 0 radical (unpaired) electrons. The van der Waals surface area contributed by atoms with Gasteiger partial charge in [0.25, 0.3) is 0 Å². The summed E-state index contributed by atoms with van der Waals surface area (Å²) in [5, 5.41) is 140. The maximum Gasteiger partial charge on any atom is 0.335 e. The number of allylic oxidation sites excluding steroid dienone is 2. The van der Waals surface area contributed by atoms with Gasteiger partial charge in [-0.1, -0.05) is 53.2 Å².